The molecule has 0 saturated carbocycles. The molecule has 0 saturated heterocycles. The molecule has 0 radical (unpaired) electrons. The largest absolute Gasteiger partial charge is 0.509 e. The van der Waals surface area contributed by atoms with Crippen molar-refractivity contribution in [3.05, 3.63) is 191 Å². The summed E-state index contributed by atoms with van der Waals surface area (Å²) in [6.45, 7) is 38.8. The number of anilines is 4. The Bertz CT molecular complexity index is 3490. The molecule has 0 fully saturated rings. The van der Waals surface area contributed by atoms with E-state index in [9.17, 15) is 0 Å². The third-order valence-electron chi connectivity index (χ3n) is 14.7. The number of pyridine rings is 2. The number of hydrogen-bond donors (Lipinski definition) is 0. The van der Waals surface area contributed by atoms with Gasteiger partial charge in [-0.15, -0.1) is 48.1 Å². The second-order valence-electron chi connectivity index (χ2n) is 24.5. The average molecular weight is 1160 g/mol. The summed E-state index contributed by atoms with van der Waals surface area (Å²) >= 11 is 0. The van der Waals surface area contributed by atoms with E-state index in [4.69, 9.17) is 14.7 Å². The summed E-state index contributed by atoms with van der Waals surface area (Å²) in [5.41, 5.74) is 20.8. The molecule has 6 aromatic carbocycles. The molecule has 9 aromatic rings. The summed E-state index contributed by atoms with van der Waals surface area (Å²) in [5, 5.41) is 2.22. The van der Waals surface area contributed by atoms with Crippen LogP contribution in [0.4, 0.5) is 22.7 Å². The SMILES string of the molecule is Cc1cc(C(C)(C)C)cc(C)c1-c1cc(C(C)(C)C)cc(-c2c(C)cc(C(C)(C)C)cc2C)c1N1[CH-]N(c2[c-]c(Oc3[c-]c4c(cc3)c3ccccc3n4-c3cc(C(C)(C)C)ccn3)ccc2)c2ccncc21.[Pt]. The van der Waals surface area contributed by atoms with Gasteiger partial charge < -0.3 is 19.1 Å². The number of aromatic nitrogens is 3. The Morgan fingerprint density at radius 3 is 1.64 bits per heavy atom. The second-order valence-corrected chi connectivity index (χ2v) is 24.5. The minimum atomic E-state index is -0.134. The van der Waals surface area contributed by atoms with Gasteiger partial charge >= 0.3 is 0 Å². The van der Waals surface area contributed by atoms with E-state index in [-0.39, 0.29) is 42.7 Å². The minimum absolute atomic E-state index is 0. The normalized spacial score (nSPS) is 13.2. The third-order valence-corrected chi connectivity index (χ3v) is 14.7. The molecular weight excluding hydrogens is 1090 g/mol. The van der Waals surface area contributed by atoms with Crippen LogP contribution in [-0.2, 0) is 42.7 Å². The zero-order valence-corrected chi connectivity index (χ0v) is 48.4. The Morgan fingerprint density at radius 2 is 1.05 bits per heavy atom. The number of aryl methyl sites for hydroxylation is 4. The molecule has 0 spiro atoms. The quantitative estimate of drug-likeness (QED) is 0.149. The molecule has 1 aliphatic rings. The van der Waals surface area contributed by atoms with Crippen LogP contribution in [0.5, 0.6) is 11.5 Å². The van der Waals surface area contributed by atoms with Crippen LogP contribution in [0.2, 0.25) is 0 Å². The maximum atomic E-state index is 6.76. The van der Waals surface area contributed by atoms with Crippen molar-refractivity contribution in [1.29, 1.82) is 0 Å². The summed E-state index contributed by atoms with van der Waals surface area (Å²) in [6, 6.07) is 47.0. The first-order chi connectivity index (χ1) is 34.4. The molecule has 1 aliphatic heterocycles. The summed E-state index contributed by atoms with van der Waals surface area (Å²) in [7, 11) is 0. The molecule has 7 heteroatoms. The minimum Gasteiger partial charge on any atom is -0.509 e. The van der Waals surface area contributed by atoms with Crippen molar-refractivity contribution in [2.24, 2.45) is 0 Å². The van der Waals surface area contributed by atoms with Crippen LogP contribution in [0.1, 0.15) is 128 Å². The van der Waals surface area contributed by atoms with Crippen LogP contribution in [0.25, 0.3) is 49.9 Å². The van der Waals surface area contributed by atoms with Gasteiger partial charge in [0, 0.05) is 73.0 Å². The van der Waals surface area contributed by atoms with Crippen molar-refractivity contribution in [2.45, 2.75) is 132 Å². The molecule has 3 aromatic heterocycles. The van der Waals surface area contributed by atoms with E-state index in [1.165, 1.54) is 66.8 Å². The van der Waals surface area contributed by atoms with Crippen molar-refractivity contribution < 1.29 is 25.8 Å². The smallest absolute Gasteiger partial charge is 0.135 e. The van der Waals surface area contributed by atoms with Gasteiger partial charge in [-0.25, -0.2) is 4.98 Å². The molecule has 4 heterocycles. The summed E-state index contributed by atoms with van der Waals surface area (Å²) in [5.74, 6) is 2.02. The predicted octanol–water partition coefficient (Wildman–Crippen LogP) is 18.1. The fourth-order valence-electron chi connectivity index (χ4n) is 10.7. The van der Waals surface area contributed by atoms with Crippen LogP contribution >= 0.6 is 0 Å². The molecule has 0 atom stereocenters. The van der Waals surface area contributed by atoms with E-state index in [1.54, 1.807) is 0 Å². The number of hydrogen-bond acceptors (Lipinski definition) is 5. The Morgan fingerprint density at radius 1 is 0.500 bits per heavy atom. The number of benzene rings is 6. The van der Waals surface area contributed by atoms with Gasteiger partial charge in [-0.3, -0.25) is 4.98 Å². The van der Waals surface area contributed by atoms with Crippen molar-refractivity contribution in [2.75, 3.05) is 9.80 Å². The standard InChI is InChI=1S/C67H70N5O.Pt/c1-41-30-46(65(8,9)10)31-42(2)61(41)54-34-48(67(14,15)16)35-55(62-43(3)32-47(33-44(62)4)66(11,12)13)63(54)71-40-70(57-27-28-68-39-59(57)71)49-20-19-21-50(37-49)73-51-24-25-53-52-22-17-18-23-56(52)72(58(53)38-51)60-36-45(26-29-69-60)64(5,6)7;/h17-36,39-40H,1-16H3;/q-3;. The van der Waals surface area contributed by atoms with Gasteiger partial charge in [0.15, 0.2) is 0 Å². The summed E-state index contributed by atoms with van der Waals surface area (Å²) in [6.07, 6.45) is 5.78. The maximum absolute atomic E-state index is 6.76. The molecule has 382 valence electrons. The Balaban J connectivity index is 0.00000672. The van der Waals surface area contributed by atoms with E-state index >= 15 is 0 Å². The van der Waals surface area contributed by atoms with E-state index in [2.05, 4.69) is 235 Å². The van der Waals surface area contributed by atoms with Crippen LogP contribution < -0.4 is 14.5 Å². The van der Waals surface area contributed by atoms with E-state index in [1.807, 2.05) is 36.8 Å². The molecule has 10 rings (SSSR count). The second kappa shape index (κ2) is 19.0. The van der Waals surface area contributed by atoms with Crippen molar-refractivity contribution in [3.63, 3.8) is 0 Å². The van der Waals surface area contributed by atoms with Crippen LogP contribution in [-0.4, -0.2) is 14.5 Å². The van der Waals surface area contributed by atoms with Crippen LogP contribution in [0, 0.1) is 46.5 Å². The van der Waals surface area contributed by atoms with Crippen molar-refractivity contribution in [1.82, 2.24) is 14.5 Å². The Labute approximate surface area is 455 Å². The van der Waals surface area contributed by atoms with Crippen LogP contribution in [0.15, 0.2) is 128 Å². The molecular formula is C67H70N5OPt-3. The number of para-hydroxylation sites is 1. The predicted molar refractivity (Wildman–Crippen MR) is 307 cm³/mol. The Hall–Kier alpha value is -6.49. The zero-order chi connectivity index (χ0) is 52.1. The number of nitrogens with zero attached hydrogens (tertiary/aromatic N) is 5. The van der Waals surface area contributed by atoms with Crippen molar-refractivity contribution >= 4 is 44.6 Å². The van der Waals surface area contributed by atoms with Gasteiger partial charge in [0.1, 0.15) is 5.82 Å². The van der Waals surface area contributed by atoms with Gasteiger partial charge in [-0.1, -0.05) is 131 Å². The van der Waals surface area contributed by atoms with Gasteiger partial charge in [0.05, 0.1) is 11.9 Å². The fraction of sp³-hybridized carbons (Fsp3) is 0.299. The zero-order valence-electron chi connectivity index (χ0n) is 46.2. The van der Waals surface area contributed by atoms with Crippen LogP contribution in [0.3, 0.4) is 0 Å². The molecule has 6 nitrogen and oxygen atoms in total. The monoisotopic (exact) mass is 1160 g/mol. The van der Waals surface area contributed by atoms with Gasteiger partial charge in [0.2, 0.25) is 0 Å². The molecule has 0 amide bonds. The first-order valence-corrected chi connectivity index (χ1v) is 25.8. The molecule has 0 bridgehead atoms. The first-order valence-electron chi connectivity index (χ1n) is 25.8. The van der Waals surface area contributed by atoms with E-state index < -0.39 is 0 Å². The number of fused-ring (bicyclic) bond motifs is 4. The molecule has 0 N–H and O–H groups in total. The first kappa shape index (κ1) is 52.4. The van der Waals surface area contributed by atoms with E-state index in [0.29, 0.717) is 11.5 Å². The average Bonchev–Trinajstić information content (AvgIpc) is 3.86. The number of rotatable bonds is 7. The van der Waals surface area contributed by atoms with Crippen molar-refractivity contribution in [3.8, 4) is 39.6 Å². The van der Waals surface area contributed by atoms with Gasteiger partial charge in [-0.05, 0) is 147 Å². The summed E-state index contributed by atoms with van der Waals surface area (Å²) < 4.78 is 8.96. The van der Waals surface area contributed by atoms with E-state index in [0.717, 1.165) is 50.4 Å². The third kappa shape index (κ3) is 9.60. The molecule has 74 heavy (non-hydrogen) atoms. The molecule has 0 unspecified atom stereocenters. The maximum Gasteiger partial charge on any atom is 0.135 e. The molecule has 0 aliphatic carbocycles. The van der Waals surface area contributed by atoms with Gasteiger partial charge in [-0.2, -0.15) is 12.1 Å². The van der Waals surface area contributed by atoms with Gasteiger partial charge in [0.25, 0.3) is 0 Å². The topological polar surface area (TPSA) is 46.4 Å². The summed E-state index contributed by atoms with van der Waals surface area (Å²) in [4.78, 5) is 14.3. The fourth-order valence-corrected chi connectivity index (χ4v) is 10.7. The Kier molecular flexibility index (Phi) is 13.5. The number of ether oxygens (including phenoxy) is 1.